The molecule has 0 amide bonds. The van der Waals surface area contributed by atoms with Gasteiger partial charge in [0.2, 0.25) is 0 Å². The van der Waals surface area contributed by atoms with Crippen molar-refractivity contribution in [3.63, 3.8) is 0 Å². The summed E-state index contributed by atoms with van der Waals surface area (Å²) in [5.41, 5.74) is 0. The van der Waals surface area contributed by atoms with Gasteiger partial charge >= 0.3 is 0 Å². The molecule has 0 bridgehead atoms. The largest absolute Gasteiger partial charge is 0.124 e. The Balaban J connectivity index is 4.36. The van der Waals surface area contributed by atoms with Crippen LogP contribution in [0.3, 0.4) is 0 Å². The summed E-state index contributed by atoms with van der Waals surface area (Å²) in [7, 11) is 2.64. The third-order valence-corrected chi connectivity index (χ3v) is 4.27. The van der Waals surface area contributed by atoms with Crippen LogP contribution in [0.4, 0.5) is 0 Å². The number of hydrogen-bond donors (Lipinski definition) is 0. The van der Waals surface area contributed by atoms with Crippen molar-refractivity contribution in [1.29, 1.82) is 0 Å². The molecule has 0 heterocycles. The van der Waals surface area contributed by atoms with Gasteiger partial charge in [-0.25, -0.2) is 0 Å². The SMILES string of the molecule is CBC(C)(CC)CC(C)(BC)CC. The maximum absolute atomic E-state index is 2.44. The van der Waals surface area contributed by atoms with E-state index in [-0.39, 0.29) is 0 Å². The van der Waals surface area contributed by atoms with Gasteiger partial charge in [-0.2, -0.15) is 0 Å². The molecule has 0 aromatic carbocycles. The van der Waals surface area contributed by atoms with E-state index in [1.165, 1.54) is 33.8 Å². The average molecular weight is 180 g/mol. The molecule has 0 spiro atoms. The molecule has 0 aromatic rings. The van der Waals surface area contributed by atoms with Gasteiger partial charge in [0, 0.05) is 0 Å². The summed E-state index contributed by atoms with van der Waals surface area (Å²) >= 11 is 0. The topological polar surface area (TPSA) is 0 Å². The molecule has 0 aromatic heterocycles. The van der Waals surface area contributed by atoms with Crippen LogP contribution in [-0.4, -0.2) is 14.6 Å². The number of rotatable bonds is 6. The Morgan fingerprint density at radius 3 is 1.31 bits per heavy atom. The standard InChI is InChI=1S/C11H26B2/c1-7-10(3,12-5)9-11(4,8-2)13-6/h12-13H,7-9H2,1-6H3. The van der Waals surface area contributed by atoms with Gasteiger partial charge in [0.25, 0.3) is 0 Å². The summed E-state index contributed by atoms with van der Waals surface area (Å²) in [6.45, 7) is 14.2. The number of hydrogen-bond acceptors (Lipinski definition) is 0. The van der Waals surface area contributed by atoms with Crippen molar-refractivity contribution in [1.82, 2.24) is 0 Å². The van der Waals surface area contributed by atoms with Crippen LogP contribution >= 0.6 is 0 Å². The molecular weight excluding hydrogens is 154 g/mol. The van der Waals surface area contributed by atoms with E-state index in [1.807, 2.05) is 0 Å². The molecule has 2 heteroatoms. The Kier molecular flexibility index (Phi) is 5.17. The molecule has 0 fully saturated rings. The fraction of sp³-hybridized carbons (Fsp3) is 1.00. The third kappa shape index (κ3) is 3.79. The van der Waals surface area contributed by atoms with Crippen molar-refractivity contribution in [2.45, 2.75) is 71.2 Å². The third-order valence-electron chi connectivity index (χ3n) is 4.27. The first kappa shape index (κ1) is 13.1. The van der Waals surface area contributed by atoms with Crippen molar-refractivity contribution in [2.75, 3.05) is 0 Å². The minimum Gasteiger partial charge on any atom is -0.0889 e. The van der Waals surface area contributed by atoms with E-state index in [9.17, 15) is 0 Å². The molecule has 0 nitrogen and oxygen atoms in total. The first-order valence-electron chi connectivity index (χ1n) is 5.95. The Hall–Kier alpha value is 0.130. The fourth-order valence-electron chi connectivity index (χ4n) is 2.03. The lowest BCUT2D eigenvalue weighted by Crippen LogP contribution is -2.24. The zero-order chi connectivity index (χ0) is 10.5. The smallest absolute Gasteiger partial charge is 0.0889 e. The molecule has 0 rings (SSSR count). The molecule has 2 atom stereocenters. The van der Waals surface area contributed by atoms with E-state index >= 15 is 0 Å². The normalized spacial score (nSPS) is 20.2. The van der Waals surface area contributed by atoms with Crippen molar-refractivity contribution in [2.24, 2.45) is 0 Å². The molecule has 0 N–H and O–H groups in total. The maximum atomic E-state index is 2.44. The van der Waals surface area contributed by atoms with Gasteiger partial charge in [-0.05, 0) is 0 Å². The first-order valence-corrected chi connectivity index (χ1v) is 5.95. The molecular formula is C11H26B2. The van der Waals surface area contributed by atoms with Crippen LogP contribution in [0.1, 0.15) is 47.0 Å². The Morgan fingerprint density at radius 2 is 1.15 bits per heavy atom. The van der Waals surface area contributed by atoms with E-state index in [0.717, 1.165) is 0 Å². The van der Waals surface area contributed by atoms with E-state index in [0.29, 0.717) is 10.6 Å². The molecule has 0 aliphatic carbocycles. The fourth-order valence-corrected chi connectivity index (χ4v) is 2.03. The average Bonchev–Trinajstić information content (AvgIpc) is 2.17. The summed E-state index contributed by atoms with van der Waals surface area (Å²) in [5.74, 6) is 0. The van der Waals surface area contributed by atoms with Gasteiger partial charge in [-0.1, -0.05) is 71.2 Å². The lowest BCUT2D eigenvalue weighted by Gasteiger charge is -2.37. The van der Waals surface area contributed by atoms with Gasteiger partial charge < -0.3 is 0 Å². The van der Waals surface area contributed by atoms with Crippen molar-refractivity contribution >= 4 is 14.6 Å². The molecule has 13 heavy (non-hydrogen) atoms. The van der Waals surface area contributed by atoms with E-state index < -0.39 is 0 Å². The van der Waals surface area contributed by atoms with Crippen LogP contribution < -0.4 is 0 Å². The molecule has 0 saturated carbocycles. The van der Waals surface area contributed by atoms with Gasteiger partial charge in [0.1, 0.15) is 14.6 Å². The van der Waals surface area contributed by atoms with Crippen LogP contribution in [0.25, 0.3) is 0 Å². The summed E-state index contributed by atoms with van der Waals surface area (Å²) < 4.78 is 0. The monoisotopic (exact) mass is 180 g/mol. The summed E-state index contributed by atoms with van der Waals surface area (Å²) in [4.78, 5) is 0. The quantitative estimate of drug-likeness (QED) is 0.548. The minimum absolute atomic E-state index is 0.570. The molecule has 0 aliphatic heterocycles. The molecule has 0 saturated heterocycles. The highest BCUT2D eigenvalue weighted by molar-refractivity contribution is 6.40. The summed E-state index contributed by atoms with van der Waals surface area (Å²) in [6, 6.07) is 0. The lowest BCUT2D eigenvalue weighted by molar-refractivity contribution is 0.423. The molecule has 0 aliphatic rings. The highest BCUT2D eigenvalue weighted by atomic mass is 14.3. The highest BCUT2D eigenvalue weighted by Gasteiger charge is 2.31. The molecule has 76 valence electrons. The van der Waals surface area contributed by atoms with Crippen LogP contribution in [0.5, 0.6) is 0 Å². The zero-order valence-corrected chi connectivity index (χ0v) is 10.5. The molecule has 0 radical (unpaired) electrons. The van der Waals surface area contributed by atoms with E-state index in [4.69, 9.17) is 0 Å². The Morgan fingerprint density at radius 1 is 0.846 bits per heavy atom. The van der Waals surface area contributed by atoms with Gasteiger partial charge in [-0.3, -0.25) is 0 Å². The minimum atomic E-state index is 0.570. The van der Waals surface area contributed by atoms with Crippen LogP contribution in [0, 0.1) is 0 Å². The van der Waals surface area contributed by atoms with Gasteiger partial charge in [-0.15, -0.1) is 0 Å². The van der Waals surface area contributed by atoms with Crippen LogP contribution in [0.2, 0.25) is 24.3 Å². The van der Waals surface area contributed by atoms with E-state index in [1.54, 1.807) is 0 Å². The van der Waals surface area contributed by atoms with Crippen molar-refractivity contribution < 1.29 is 0 Å². The molecule has 2 unspecified atom stereocenters. The zero-order valence-electron chi connectivity index (χ0n) is 10.5. The predicted molar refractivity (Wildman–Crippen MR) is 68.0 cm³/mol. The van der Waals surface area contributed by atoms with Crippen LogP contribution in [-0.2, 0) is 0 Å². The predicted octanol–water partition coefficient (Wildman–Crippen LogP) is 3.52. The maximum Gasteiger partial charge on any atom is 0.124 e. The Bertz CT molecular complexity index is 119. The second-order valence-corrected chi connectivity index (χ2v) is 5.21. The van der Waals surface area contributed by atoms with Crippen molar-refractivity contribution in [3.05, 3.63) is 0 Å². The second kappa shape index (κ2) is 5.12. The van der Waals surface area contributed by atoms with Gasteiger partial charge in [0.05, 0.1) is 0 Å². The van der Waals surface area contributed by atoms with Gasteiger partial charge in [0.15, 0.2) is 0 Å². The Labute approximate surface area is 86.4 Å². The summed E-state index contributed by atoms with van der Waals surface area (Å²) in [6.07, 6.45) is 4.03. The second-order valence-electron chi connectivity index (χ2n) is 5.21. The highest BCUT2D eigenvalue weighted by Crippen LogP contribution is 2.47. The lowest BCUT2D eigenvalue weighted by atomic mass is 9.42. The first-order chi connectivity index (χ1) is 5.95. The summed E-state index contributed by atoms with van der Waals surface area (Å²) in [5, 5.41) is 1.14. The van der Waals surface area contributed by atoms with E-state index in [2.05, 4.69) is 41.3 Å². The van der Waals surface area contributed by atoms with Crippen molar-refractivity contribution in [3.8, 4) is 0 Å². The van der Waals surface area contributed by atoms with Crippen LogP contribution in [0.15, 0.2) is 0 Å².